The number of hydrogen-bond donors (Lipinski definition) is 1. The van der Waals surface area contributed by atoms with Gasteiger partial charge in [0.25, 0.3) is 17.3 Å². The smallest absolute Gasteiger partial charge is 0.277 e. The fourth-order valence-corrected chi connectivity index (χ4v) is 2.48. The maximum absolute atomic E-state index is 12.5. The van der Waals surface area contributed by atoms with E-state index in [1.165, 1.54) is 7.11 Å². The van der Waals surface area contributed by atoms with Crippen LogP contribution in [-0.4, -0.2) is 33.1 Å². The third-order valence-electron chi connectivity index (χ3n) is 3.85. The standard InChI is InChI=1S/C18H13N5O6/c1-29-17-6-5-16(20-21-17)11-3-2-4-13(7-11)19-18(24)12-8-14(22(25)26)10-15(9-12)23(27)28/h2-10H,1H3,(H,19,24). The number of anilines is 1. The third kappa shape index (κ3) is 4.47. The number of carbonyl (C=O) groups excluding carboxylic acids is 1. The van der Waals surface area contributed by atoms with Gasteiger partial charge in [-0.05, 0) is 18.2 Å². The van der Waals surface area contributed by atoms with Gasteiger partial charge in [0.15, 0.2) is 0 Å². The minimum Gasteiger partial charge on any atom is -0.480 e. The van der Waals surface area contributed by atoms with Crippen molar-refractivity contribution in [2.45, 2.75) is 0 Å². The van der Waals surface area contributed by atoms with Gasteiger partial charge in [-0.1, -0.05) is 12.1 Å². The zero-order valence-electron chi connectivity index (χ0n) is 14.9. The van der Waals surface area contributed by atoms with Crippen molar-refractivity contribution in [3.05, 3.63) is 80.4 Å². The SMILES string of the molecule is COc1ccc(-c2cccc(NC(=O)c3cc([N+](=O)[O-])cc([N+](=O)[O-])c3)c2)nn1. The maximum Gasteiger partial charge on any atom is 0.277 e. The number of benzene rings is 2. The Kier molecular flexibility index (Phi) is 5.39. The number of nitrogens with one attached hydrogen (secondary N) is 1. The molecular formula is C18H13N5O6. The number of rotatable bonds is 6. The summed E-state index contributed by atoms with van der Waals surface area (Å²) in [6.45, 7) is 0. The van der Waals surface area contributed by atoms with Gasteiger partial charge in [0.1, 0.15) is 0 Å². The van der Waals surface area contributed by atoms with E-state index in [2.05, 4.69) is 15.5 Å². The molecule has 0 aliphatic rings. The number of hydrogen-bond acceptors (Lipinski definition) is 8. The summed E-state index contributed by atoms with van der Waals surface area (Å²) in [6.07, 6.45) is 0. The molecule has 11 heteroatoms. The lowest BCUT2D eigenvalue weighted by Gasteiger charge is -2.08. The van der Waals surface area contributed by atoms with Crippen LogP contribution in [0, 0.1) is 20.2 Å². The number of non-ortho nitro benzene ring substituents is 2. The van der Waals surface area contributed by atoms with Crippen molar-refractivity contribution >= 4 is 23.0 Å². The number of amides is 1. The molecule has 1 aromatic heterocycles. The Bertz CT molecular complexity index is 1070. The normalized spacial score (nSPS) is 10.2. The second kappa shape index (κ2) is 8.08. The van der Waals surface area contributed by atoms with Gasteiger partial charge in [-0.25, -0.2) is 0 Å². The van der Waals surface area contributed by atoms with Crippen LogP contribution < -0.4 is 10.1 Å². The average molecular weight is 395 g/mol. The summed E-state index contributed by atoms with van der Waals surface area (Å²) in [5.74, 6) is -0.375. The summed E-state index contributed by atoms with van der Waals surface area (Å²) in [5, 5.41) is 32.4. The monoisotopic (exact) mass is 395 g/mol. The van der Waals surface area contributed by atoms with E-state index in [1.807, 2.05) is 0 Å². The number of methoxy groups -OCH3 is 1. The number of nitro benzene ring substituents is 2. The Balaban J connectivity index is 1.87. The first-order valence-electron chi connectivity index (χ1n) is 8.11. The Morgan fingerprint density at radius 1 is 0.966 bits per heavy atom. The van der Waals surface area contributed by atoms with Crippen LogP contribution in [-0.2, 0) is 0 Å². The lowest BCUT2D eigenvalue weighted by atomic mass is 10.1. The number of nitro groups is 2. The van der Waals surface area contributed by atoms with Crippen LogP contribution in [0.1, 0.15) is 10.4 Å². The summed E-state index contributed by atoms with van der Waals surface area (Å²) < 4.78 is 4.96. The molecule has 1 amide bonds. The fraction of sp³-hybridized carbons (Fsp3) is 0.0556. The zero-order chi connectivity index (χ0) is 21.0. The highest BCUT2D eigenvalue weighted by atomic mass is 16.6. The second-order valence-corrected chi connectivity index (χ2v) is 5.75. The van der Waals surface area contributed by atoms with Crippen molar-refractivity contribution in [2.75, 3.05) is 12.4 Å². The molecular weight excluding hydrogens is 382 g/mol. The van der Waals surface area contributed by atoms with Crippen LogP contribution in [0.5, 0.6) is 5.88 Å². The van der Waals surface area contributed by atoms with E-state index in [9.17, 15) is 25.0 Å². The third-order valence-corrected chi connectivity index (χ3v) is 3.85. The molecule has 3 rings (SSSR count). The molecule has 0 saturated heterocycles. The van der Waals surface area contributed by atoms with Gasteiger partial charge < -0.3 is 10.1 Å². The molecule has 0 bridgehead atoms. The largest absolute Gasteiger partial charge is 0.480 e. The lowest BCUT2D eigenvalue weighted by Crippen LogP contribution is -2.12. The molecule has 0 radical (unpaired) electrons. The van der Waals surface area contributed by atoms with Gasteiger partial charge in [-0.15, -0.1) is 10.2 Å². The minimum atomic E-state index is -0.799. The van der Waals surface area contributed by atoms with E-state index in [-0.39, 0.29) is 5.56 Å². The van der Waals surface area contributed by atoms with Gasteiger partial charge in [0, 0.05) is 29.4 Å². The predicted molar refractivity (Wildman–Crippen MR) is 102 cm³/mol. The highest BCUT2D eigenvalue weighted by molar-refractivity contribution is 6.05. The fourth-order valence-electron chi connectivity index (χ4n) is 2.48. The van der Waals surface area contributed by atoms with Crippen LogP contribution in [0.4, 0.5) is 17.1 Å². The molecule has 146 valence electrons. The molecule has 0 fully saturated rings. The highest BCUT2D eigenvalue weighted by Crippen LogP contribution is 2.25. The molecule has 2 aromatic carbocycles. The van der Waals surface area contributed by atoms with Gasteiger partial charge in [-0.2, -0.15) is 0 Å². The van der Waals surface area contributed by atoms with Gasteiger partial charge in [0.05, 0.1) is 34.3 Å². The van der Waals surface area contributed by atoms with Gasteiger partial charge in [-0.3, -0.25) is 25.0 Å². The summed E-state index contributed by atoms with van der Waals surface area (Å²) in [4.78, 5) is 32.9. The molecule has 0 spiro atoms. The average Bonchev–Trinajstić information content (AvgIpc) is 2.73. The van der Waals surface area contributed by atoms with Crippen LogP contribution in [0.25, 0.3) is 11.3 Å². The molecule has 0 unspecified atom stereocenters. The molecule has 3 aromatic rings. The van der Waals surface area contributed by atoms with E-state index in [0.717, 1.165) is 18.2 Å². The molecule has 29 heavy (non-hydrogen) atoms. The second-order valence-electron chi connectivity index (χ2n) is 5.75. The molecule has 1 heterocycles. The first-order chi connectivity index (χ1) is 13.9. The van der Waals surface area contributed by atoms with Crippen LogP contribution in [0.15, 0.2) is 54.6 Å². The van der Waals surface area contributed by atoms with Crippen molar-refractivity contribution in [3.63, 3.8) is 0 Å². The molecule has 0 saturated carbocycles. The Hall–Kier alpha value is -4.41. The summed E-state index contributed by atoms with van der Waals surface area (Å²) >= 11 is 0. The predicted octanol–water partition coefficient (Wildman–Crippen LogP) is 3.22. The Labute approximate surface area is 163 Å². The number of ether oxygens (including phenoxy) is 1. The van der Waals surface area contributed by atoms with E-state index < -0.39 is 27.1 Å². The molecule has 1 N–H and O–H groups in total. The van der Waals surface area contributed by atoms with E-state index >= 15 is 0 Å². The number of carbonyl (C=O) groups is 1. The van der Waals surface area contributed by atoms with E-state index in [1.54, 1.807) is 36.4 Å². The summed E-state index contributed by atoms with van der Waals surface area (Å²) in [6, 6.07) is 12.7. The van der Waals surface area contributed by atoms with E-state index in [4.69, 9.17) is 4.74 Å². The first-order valence-corrected chi connectivity index (χ1v) is 8.11. The Morgan fingerprint density at radius 3 is 2.21 bits per heavy atom. The van der Waals surface area contributed by atoms with Crippen LogP contribution >= 0.6 is 0 Å². The maximum atomic E-state index is 12.5. The van der Waals surface area contributed by atoms with Crippen molar-refractivity contribution in [3.8, 4) is 17.1 Å². The van der Waals surface area contributed by atoms with Crippen LogP contribution in [0.2, 0.25) is 0 Å². The molecule has 11 nitrogen and oxygen atoms in total. The highest BCUT2D eigenvalue weighted by Gasteiger charge is 2.20. The topological polar surface area (TPSA) is 150 Å². The van der Waals surface area contributed by atoms with Gasteiger partial charge >= 0.3 is 0 Å². The minimum absolute atomic E-state index is 0.208. The van der Waals surface area contributed by atoms with Crippen LogP contribution in [0.3, 0.4) is 0 Å². The van der Waals surface area contributed by atoms with Crippen molar-refractivity contribution < 1.29 is 19.4 Å². The van der Waals surface area contributed by atoms with Crippen molar-refractivity contribution in [1.29, 1.82) is 0 Å². The quantitative estimate of drug-likeness (QED) is 0.493. The Morgan fingerprint density at radius 2 is 1.66 bits per heavy atom. The molecule has 0 aliphatic carbocycles. The molecule has 0 aliphatic heterocycles. The van der Waals surface area contributed by atoms with Crippen molar-refractivity contribution in [2.24, 2.45) is 0 Å². The van der Waals surface area contributed by atoms with Crippen molar-refractivity contribution in [1.82, 2.24) is 10.2 Å². The van der Waals surface area contributed by atoms with Gasteiger partial charge in [0.2, 0.25) is 5.88 Å². The lowest BCUT2D eigenvalue weighted by molar-refractivity contribution is -0.394. The summed E-state index contributed by atoms with van der Waals surface area (Å²) in [5.41, 5.74) is 0.258. The number of nitrogens with zero attached hydrogens (tertiary/aromatic N) is 4. The first kappa shape index (κ1) is 19.4. The summed E-state index contributed by atoms with van der Waals surface area (Å²) in [7, 11) is 1.47. The molecule has 0 atom stereocenters. The number of aromatic nitrogens is 2. The van der Waals surface area contributed by atoms with E-state index in [0.29, 0.717) is 22.8 Å². The zero-order valence-corrected chi connectivity index (χ0v) is 14.9.